The smallest absolute Gasteiger partial charge is 0.371 e. The minimum absolute atomic E-state index is 0.0976. The topological polar surface area (TPSA) is 64.1 Å². The summed E-state index contributed by atoms with van der Waals surface area (Å²) in [6, 6.07) is 11.1. The minimum Gasteiger partial charge on any atom is -0.371 e. The summed E-state index contributed by atoms with van der Waals surface area (Å²) in [7, 11) is 3.38. The van der Waals surface area contributed by atoms with Gasteiger partial charge in [-0.15, -0.1) is 0 Å². The van der Waals surface area contributed by atoms with Crippen LogP contribution in [0.2, 0.25) is 5.02 Å². The van der Waals surface area contributed by atoms with Gasteiger partial charge in [-0.05, 0) is 73.6 Å². The zero-order valence-corrected chi connectivity index (χ0v) is 25.6. The predicted molar refractivity (Wildman–Crippen MR) is 159 cm³/mol. The molecule has 2 aromatic rings. The molecular formula is C32H41ClF3N3O3. The van der Waals surface area contributed by atoms with E-state index in [9.17, 15) is 27.9 Å². The molecule has 2 amide bonds. The summed E-state index contributed by atoms with van der Waals surface area (Å²) in [5.74, 6) is -0.974. The first-order valence-corrected chi connectivity index (χ1v) is 15.0. The number of anilines is 1. The summed E-state index contributed by atoms with van der Waals surface area (Å²) < 4.78 is 42.7. The lowest BCUT2D eigenvalue weighted by atomic mass is 9.71. The van der Waals surface area contributed by atoms with E-state index in [1.165, 1.54) is 28.0 Å². The van der Waals surface area contributed by atoms with E-state index in [2.05, 4.69) is 11.8 Å². The van der Waals surface area contributed by atoms with Crippen molar-refractivity contribution in [2.75, 3.05) is 45.2 Å². The van der Waals surface area contributed by atoms with Crippen LogP contribution in [0.4, 0.5) is 18.9 Å². The molecule has 0 radical (unpaired) electrons. The Labute approximate surface area is 251 Å². The summed E-state index contributed by atoms with van der Waals surface area (Å²) in [6.07, 6.45) is -0.613. The number of halogens is 4. The summed E-state index contributed by atoms with van der Waals surface area (Å²) >= 11 is 6.42. The Morgan fingerprint density at radius 3 is 2.24 bits per heavy atom. The van der Waals surface area contributed by atoms with E-state index >= 15 is 0 Å². The molecule has 230 valence electrons. The lowest BCUT2D eigenvalue weighted by Gasteiger charge is -2.45. The number of amides is 2. The van der Waals surface area contributed by atoms with Crippen LogP contribution in [0.15, 0.2) is 42.5 Å². The highest BCUT2D eigenvalue weighted by Crippen LogP contribution is 2.44. The van der Waals surface area contributed by atoms with E-state index in [4.69, 9.17) is 11.6 Å². The SMILES string of the molecule is CCc1cccc([C@@](O)(C(=O)N2CCC(C)(CC3CCN(c4ccc(C(=O)N(C)C)c(Cl)c4)CC3)CC2)C(F)(F)F)c1. The number of hydrogen-bond acceptors (Lipinski definition) is 4. The van der Waals surface area contributed by atoms with Crippen molar-refractivity contribution in [3.05, 3.63) is 64.2 Å². The van der Waals surface area contributed by atoms with E-state index < -0.39 is 23.2 Å². The Balaban J connectivity index is 1.35. The fourth-order valence-electron chi connectivity index (χ4n) is 6.31. The van der Waals surface area contributed by atoms with Gasteiger partial charge in [0, 0.05) is 51.5 Å². The number of benzene rings is 2. The van der Waals surface area contributed by atoms with Gasteiger partial charge in [0.2, 0.25) is 0 Å². The standard InChI is InChI=1S/C32H41ClF3N3O3/c1-5-22-7-6-8-24(19-22)31(42,32(34,35)36)29(41)39-17-13-30(2,14-18-39)21-23-11-15-38(16-12-23)25-9-10-26(27(33)20-25)28(40)37(3)4/h6-10,19-20,23,42H,5,11-18,21H2,1-4H3/t31-/m1/s1. The minimum atomic E-state index is -5.14. The molecule has 2 aliphatic heterocycles. The van der Waals surface area contributed by atoms with E-state index in [0.29, 0.717) is 41.3 Å². The van der Waals surface area contributed by atoms with Gasteiger partial charge in [0.25, 0.3) is 17.4 Å². The van der Waals surface area contributed by atoms with Gasteiger partial charge in [-0.25, -0.2) is 0 Å². The van der Waals surface area contributed by atoms with Crippen LogP contribution in [-0.2, 0) is 16.8 Å². The van der Waals surface area contributed by atoms with Crippen LogP contribution in [0.1, 0.15) is 67.4 Å². The van der Waals surface area contributed by atoms with Crippen molar-refractivity contribution >= 4 is 29.1 Å². The number of hydrogen-bond donors (Lipinski definition) is 1. The van der Waals surface area contributed by atoms with Gasteiger partial charge in [-0.3, -0.25) is 9.59 Å². The average molecular weight is 608 g/mol. The first kappa shape index (κ1) is 32.1. The normalized spacial score (nSPS) is 19.4. The lowest BCUT2D eigenvalue weighted by molar-refractivity contribution is -0.262. The highest BCUT2D eigenvalue weighted by molar-refractivity contribution is 6.34. The number of piperidine rings is 2. The molecule has 2 fully saturated rings. The number of aryl methyl sites for hydroxylation is 1. The van der Waals surface area contributed by atoms with Crippen molar-refractivity contribution in [2.45, 2.75) is 64.1 Å². The van der Waals surface area contributed by atoms with Crippen molar-refractivity contribution in [3.63, 3.8) is 0 Å². The van der Waals surface area contributed by atoms with Crippen LogP contribution in [0.3, 0.4) is 0 Å². The Hall–Kier alpha value is -2.78. The first-order chi connectivity index (χ1) is 19.7. The molecule has 2 saturated heterocycles. The van der Waals surface area contributed by atoms with Crippen LogP contribution in [0.25, 0.3) is 0 Å². The summed E-state index contributed by atoms with van der Waals surface area (Å²) in [5.41, 5.74) is -2.02. The Bertz CT molecular complexity index is 1290. The van der Waals surface area contributed by atoms with Crippen LogP contribution < -0.4 is 4.90 Å². The van der Waals surface area contributed by atoms with Crippen LogP contribution >= 0.6 is 11.6 Å². The average Bonchev–Trinajstić information content (AvgIpc) is 2.96. The van der Waals surface area contributed by atoms with Gasteiger partial charge in [0.1, 0.15) is 0 Å². The molecule has 0 spiro atoms. The number of carbonyl (C=O) groups excluding carboxylic acids is 2. The fourth-order valence-corrected chi connectivity index (χ4v) is 6.57. The van der Waals surface area contributed by atoms with Gasteiger partial charge in [-0.2, -0.15) is 13.2 Å². The number of aliphatic hydroxyl groups is 1. The zero-order chi connectivity index (χ0) is 30.9. The molecule has 2 heterocycles. The summed E-state index contributed by atoms with van der Waals surface area (Å²) in [4.78, 5) is 30.5. The Morgan fingerprint density at radius 1 is 1.05 bits per heavy atom. The van der Waals surface area contributed by atoms with Crippen molar-refractivity contribution in [2.24, 2.45) is 11.3 Å². The largest absolute Gasteiger partial charge is 0.430 e. The monoisotopic (exact) mass is 607 g/mol. The molecular weight excluding hydrogens is 567 g/mol. The molecule has 42 heavy (non-hydrogen) atoms. The van der Waals surface area contributed by atoms with E-state index in [-0.39, 0.29) is 24.4 Å². The maximum atomic E-state index is 14.2. The van der Waals surface area contributed by atoms with Gasteiger partial charge in [0.15, 0.2) is 0 Å². The van der Waals surface area contributed by atoms with E-state index in [0.717, 1.165) is 38.0 Å². The maximum Gasteiger partial charge on any atom is 0.430 e. The number of rotatable bonds is 7. The van der Waals surface area contributed by atoms with Crippen LogP contribution in [0, 0.1) is 11.3 Å². The van der Waals surface area contributed by atoms with E-state index in [1.54, 1.807) is 26.2 Å². The highest BCUT2D eigenvalue weighted by Gasteiger charge is 2.62. The predicted octanol–water partition coefficient (Wildman–Crippen LogP) is 6.29. The molecule has 6 nitrogen and oxygen atoms in total. The van der Waals surface area contributed by atoms with Gasteiger partial charge >= 0.3 is 6.18 Å². The molecule has 10 heteroatoms. The molecule has 4 rings (SSSR count). The highest BCUT2D eigenvalue weighted by atomic mass is 35.5. The number of likely N-dealkylation sites (tertiary alicyclic amines) is 1. The molecule has 0 aromatic heterocycles. The second-order valence-corrected chi connectivity index (χ2v) is 12.8. The molecule has 2 aromatic carbocycles. The molecule has 1 N–H and O–H groups in total. The van der Waals surface area contributed by atoms with Crippen LogP contribution in [0.5, 0.6) is 0 Å². The fraction of sp³-hybridized carbons (Fsp3) is 0.562. The van der Waals surface area contributed by atoms with E-state index in [1.807, 2.05) is 19.1 Å². The van der Waals surface area contributed by atoms with Crippen LogP contribution in [-0.4, -0.2) is 73.2 Å². The van der Waals surface area contributed by atoms with Gasteiger partial charge in [0.05, 0.1) is 10.6 Å². The van der Waals surface area contributed by atoms with Crippen molar-refractivity contribution in [1.82, 2.24) is 9.80 Å². The quantitative estimate of drug-likeness (QED) is 0.402. The maximum absolute atomic E-state index is 14.2. The lowest BCUT2D eigenvalue weighted by Crippen LogP contribution is -2.57. The summed E-state index contributed by atoms with van der Waals surface area (Å²) in [5, 5.41) is 11.3. The van der Waals surface area contributed by atoms with Gasteiger partial charge < -0.3 is 19.8 Å². The second kappa shape index (κ2) is 12.4. The Morgan fingerprint density at radius 2 is 1.69 bits per heavy atom. The summed E-state index contributed by atoms with van der Waals surface area (Å²) in [6.45, 7) is 6.01. The number of nitrogens with zero attached hydrogens (tertiary/aromatic N) is 3. The number of alkyl halides is 3. The molecule has 0 aliphatic carbocycles. The second-order valence-electron chi connectivity index (χ2n) is 12.4. The molecule has 0 saturated carbocycles. The molecule has 0 bridgehead atoms. The zero-order valence-electron chi connectivity index (χ0n) is 24.8. The Kier molecular flexibility index (Phi) is 9.53. The third kappa shape index (κ3) is 6.57. The number of carbonyl (C=O) groups is 2. The van der Waals surface area contributed by atoms with Crippen molar-refractivity contribution < 1.29 is 27.9 Å². The third-order valence-electron chi connectivity index (χ3n) is 9.08. The third-order valence-corrected chi connectivity index (χ3v) is 9.39. The van der Waals surface area contributed by atoms with Gasteiger partial charge in [-0.1, -0.05) is 49.7 Å². The van der Waals surface area contributed by atoms with Crippen molar-refractivity contribution in [1.29, 1.82) is 0 Å². The molecule has 1 atom stereocenters. The molecule has 0 unspecified atom stereocenters. The first-order valence-electron chi connectivity index (χ1n) is 14.6. The molecule has 2 aliphatic rings. The van der Waals surface area contributed by atoms with Crippen molar-refractivity contribution in [3.8, 4) is 0 Å².